The van der Waals surface area contributed by atoms with Gasteiger partial charge in [-0.25, -0.2) is 18.1 Å². The van der Waals surface area contributed by atoms with Crippen molar-refractivity contribution in [1.82, 2.24) is 14.1 Å². The van der Waals surface area contributed by atoms with Crippen LogP contribution in [0.5, 0.6) is 0 Å². The monoisotopic (exact) mass is 333 g/mol. The van der Waals surface area contributed by atoms with Gasteiger partial charge in [-0.1, -0.05) is 6.07 Å². The molecule has 0 unspecified atom stereocenters. The Kier molecular flexibility index (Phi) is 5.71. The number of halogens is 1. The number of rotatable bonds is 8. The van der Waals surface area contributed by atoms with Crippen molar-refractivity contribution in [2.75, 3.05) is 23.9 Å². The maximum Gasteiger partial charge on any atom is 0.211 e. The molecule has 2 rings (SSSR count). The van der Waals surface area contributed by atoms with E-state index in [0.29, 0.717) is 24.6 Å². The first-order chi connectivity index (χ1) is 9.62. The van der Waals surface area contributed by atoms with Gasteiger partial charge in [-0.2, -0.15) is 0 Å². The lowest BCUT2D eigenvalue weighted by Gasteiger charge is -2.07. The molecular formula is C12H16ClN3O2S2. The fraction of sp³-hybridized carbons (Fsp3) is 0.417. The highest BCUT2D eigenvalue weighted by Gasteiger charge is 2.08. The van der Waals surface area contributed by atoms with Crippen LogP contribution in [0.15, 0.2) is 35.6 Å². The summed E-state index contributed by atoms with van der Waals surface area (Å²) in [4.78, 5) is 4.21. The highest BCUT2D eigenvalue weighted by molar-refractivity contribution is 7.99. The molecule has 0 amide bonds. The van der Waals surface area contributed by atoms with Gasteiger partial charge < -0.3 is 0 Å². The lowest BCUT2D eigenvalue weighted by atomic mass is 10.5. The second kappa shape index (κ2) is 7.31. The van der Waals surface area contributed by atoms with Crippen molar-refractivity contribution in [3.05, 3.63) is 30.6 Å². The summed E-state index contributed by atoms with van der Waals surface area (Å²) in [5, 5.41) is 1.04. The van der Waals surface area contributed by atoms with Crippen molar-refractivity contribution in [1.29, 1.82) is 0 Å². The zero-order valence-corrected chi connectivity index (χ0v) is 13.2. The fourth-order valence-electron chi connectivity index (χ4n) is 1.71. The summed E-state index contributed by atoms with van der Waals surface area (Å²) in [6.07, 6.45) is 4.11. The summed E-state index contributed by atoms with van der Waals surface area (Å²) in [5.74, 6) is 1.11. The first-order valence-electron chi connectivity index (χ1n) is 6.20. The van der Waals surface area contributed by atoms with Gasteiger partial charge in [0, 0.05) is 30.6 Å². The highest BCUT2D eigenvalue weighted by atomic mass is 35.5. The molecule has 0 bridgehead atoms. The second-order valence-electron chi connectivity index (χ2n) is 4.12. The Morgan fingerprint density at radius 1 is 1.40 bits per heavy atom. The molecule has 2 aromatic heterocycles. The van der Waals surface area contributed by atoms with Gasteiger partial charge in [-0.3, -0.25) is 4.40 Å². The van der Waals surface area contributed by atoms with Gasteiger partial charge >= 0.3 is 0 Å². The van der Waals surface area contributed by atoms with Crippen molar-refractivity contribution < 1.29 is 8.42 Å². The normalized spacial score (nSPS) is 12.1. The van der Waals surface area contributed by atoms with Gasteiger partial charge in [0.15, 0.2) is 0 Å². The van der Waals surface area contributed by atoms with Crippen LogP contribution in [-0.4, -0.2) is 41.7 Å². The number of hydrogen-bond acceptors (Lipinski definition) is 4. The third-order valence-corrected chi connectivity index (χ3v) is 5.39. The molecule has 0 aliphatic carbocycles. The number of nitrogens with zero attached hydrogens (tertiary/aromatic N) is 2. The van der Waals surface area contributed by atoms with Crippen molar-refractivity contribution in [2.45, 2.75) is 11.4 Å². The van der Waals surface area contributed by atoms with Crippen LogP contribution in [0.1, 0.15) is 6.42 Å². The zero-order valence-electron chi connectivity index (χ0n) is 10.8. The van der Waals surface area contributed by atoms with Crippen molar-refractivity contribution in [3.8, 4) is 0 Å². The molecule has 110 valence electrons. The third kappa shape index (κ3) is 4.37. The quantitative estimate of drug-likeness (QED) is 0.456. The van der Waals surface area contributed by atoms with E-state index in [2.05, 4.69) is 9.71 Å². The molecule has 0 saturated carbocycles. The molecule has 20 heavy (non-hydrogen) atoms. The summed E-state index contributed by atoms with van der Waals surface area (Å²) in [6.45, 7) is 0.403. The average molecular weight is 334 g/mol. The topological polar surface area (TPSA) is 63.5 Å². The van der Waals surface area contributed by atoms with Crippen LogP contribution in [0.25, 0.3) is 5.65 Å². The molecule has 5 nitrogen and oxygen atoms in total. The minimum absolute atomic E-state index is 0.0816. The number of hydrogen-bond donors (Lipinski definition) is 1. The van der Waals surface area contributed by atoms with Gasteiger partial charge in [0.05, 0.1) is 10.8 Å². The predicted molar refractivity (Wildman–Crippen MR) is 83.0 cm³/mol. The number of fused-ring (bicyclic) bond motifs is 1. The Hall–Kier alpha value is -0.760. The summed E-state index contributed by atoms with van der Waals surface area (Å²) in [6, 6.07) is 5.86. The van der Waals surface area contributed by atoms with E-state index >= 15 is 0 Å². The first kappa shape index (κ1) is 15.6. The van der Waals surface area contributed by atoms with Gasteiger partial charge in [0.2, 0.25) is 10.0 Å². The van der Waals surface area contributed by atoms with Crippen LogP contribution < -0.4 is 4.72 Å². The van der Waals surface area contributed by atoms with Gasteiger partial charge in [0.25, 0.3) is 0 Å². The third-order valence-electron chi connectivity index (χ3n) is 2.61. The van der Waals surface area contributed by atoms with E-state index in [1.165, 1.54) is 0 Å². The van der Waals surface area contributed by atoms with Crippen molar-refractivity contribution >= 4 is 39.0 Å². The number of nitrogens with one attached hydrogen (secondary N) is 1. The number of aromatic nitrogens is 2. The van der Waals surface area contributed by atoms with E-state index in [1.54, 1.807) is 18.0 Å². The van der Waals surface area contributed by atoms with E-state index in [9.17, 15) is 8.42 Å². The lowest BCUT2D eigenvalue weighted by molar-refractivity contribution is 0.583. The molecule has 0 aliphatic heterocycles. The van der Waals surface area contributed by atoms with E-state index < -0.39 is 10.0 Å². The van der Waals surface area contributed by atoms with Crippen LogP contribution in [-0.2, 0) is 10.0 Å². The Balaban J connectivity index is 1.83. The Morgan fingerprint density at radius 3 is 3.05 bits per heavy atom. The van der Waals surface area contributed by atoms with Crippen LogP contribution in [0.3, 0.4) is 0 Å². The molecule has 2 heterocycles. The largest absolute Gasteiger partial charge is 0.294 e. The van der Waals surface area contributed by atoms with E-state index in [0.717, 1.165) is 10.7 Å². The van der Waals surface area contributed by atoms with E-state index in [1.807, 2.05) is 28.8 Å². The van der Waals surface area contributed by atoms with Gasteiger partial charge in [-0.15, -0.1) is 23.4 Å². The summed E-state index contributed by atoms with van der Waals surface area (Å²) >= 11 is 7.08. The molecular weight excluding hydrogens is 318 g/mol. The van der Waals surface area contributed by atoms with Crippen molar-refractivity contribution in [3.63, 3.8) is 0 Å². The smallest absolute Gasteiger partial charge is 0.211 e. The maximum absolute atomic E-state index is 11.6. The van der Waals surface area contributed by atoms with Crippen LogP contribution in [0, 0.1) is 0 Å². The lowest BCUT2D eigenvalue weighted by Crippen LogP contribution is -2.28. The summed E-state index contributed by atoms with van der Waals surface area (Å²) in [5.41, 5.74) is 0.887. The Labute approximate surface area is 127 Å². The highest BCUT2D eigenvalue weighted by Crippen LogP contribution is 2.18. The molecule has 0 radical (unpaired) electrons. The second-order valence-corrected chi connectivity index (χ2v) is 7.54. The number of imidazole rings is 1. The van der Waals surface area contributed by atoms with Gasteiger partial charge in [-0.05, 0) is 18.6 Å². The summed E-state index contributed by atoms with van der Waals surface area (Å²) in [7, 11) is -3.20. The number of pyridine rings is 1. The molecule has 1 N–H and O–H groups in total. The minimum atomic E-state index is -3.20. The molecule has 8 heteroatoms. The number of alkyl halides is 1. The molecule has 0 saturated heterocycles. The number of thioether (sulfide) groups is 1. The SMILES string of the molecule is O=S(=O)(CCCCl)NCCSc1cccc2nccn12. The fourth-order valence-corrected chi connectivity index (χ4v) is 4.09. The van der Waals surface area contributed by atoms with Crippen LogP contribution >= 0.6 is 23.4 Å². The Morgan fingerprint density at radius 2 is 2.25 bits per heavy atom. The predicted octanol–water partition coefficient (Wildman–Crippen LogP) is 1.97. The molecule has 0 fully saturated rings. The van der Waals surface area contributed by atoms with Crippen LogP contribution in [0.2, 0.25) is 0 Å². The first-order valence-corrected chi connectivity index (χ1v) is 9.38. The van der Waals surface area contributed by atoms with Crippen LogP contribution in [0.4, 0.5) is 0 Å². The number of sulfonamides is 1. The standard InChI is InChI=1S/C12H16ClN3O2S2/c13-5-2-10-20(17,18)15-7-9-19-12-4-1-3-11-14-6-8-16(11)12/h1,3-4,6,8,15H,2,5,7,9-10H2. The van der Waals surface area contributed by atoms with E-state index in [-0.39, 0.29) is 5.75 Å². The zero-order chi connectivity index (χ0) is 14.4. The van der Waals surface area contributed by atoms with Crippen molar-refractivity contribution in [2.24, 2.45) is 0 Å². The molecule has 0 aromatic carbocycles. The average Bonchev–Trinajstić information content (AvgIpc) is 2.90. The minimum Gasteiger partial charge on any atom is -0.294 e. The summed E-state index contributed by atoms with van der Waals surface area (Å²) < 4.78 is 27.7. The molecule has 0 spiro atoms. The molecule has 2 aromatic rings. The molecule has 0 aliphatic rings. The van der Waals surface area contributed by atoms with Gasteiger partial charge in [0.1, 0.15) is 5.65 Å². The van der Waals surface area contributed by atoms with E-state index in [4.69, 9.17) is 11.6 Å². The Bertz CT molecular complexity index is 658. The molecule has 0 atom stereocenters. The maximum atomic E-state index is 11.6.